The lowest BCUT2D eigenvalue weighted by Gasteiger charge is -2.17. The zero-order chi connectivity index (χ0) is 28.6. The van der Waals surface area contributed by atoms with Gasteiger partial charge in [0.05, 0.1) is 12.9 Å². The van der Waals surface area contributed by atoms with Crippen LogP contribution in [0.2, 0.25) is 0 Å². The van der Waals surface area contributed by atoms with Gasteiger partial charge in [-0.15, -0.1) is 11.8 Å². The molecule has 7 nitrogen and oxygen atoms in total. The zero-order valence-corrected chi connectivity index (χ0v) is 23.3. The van der Waals surface area contributed by atoms with Crippen LogP contribution >= 0.6 is 11.8 Å². The summed E-state index contributed by atoms with van der Waals surface area (Å²) in [5.74, 6) is 0.0669. The third kappa shape index (κ3) is 6.85. The van der Waals surface area contributed by atoms with Crippen molar-refractivity contribution in [2.45, 2.75) is 11.3 Å². The van der Waals surface area contributed by atoms with Gasteiger partial charge < -0.3 is 20.3 Å². The smallest absolute Gasteiger partial charge is 0.272 e. The Bertz CT molecular complexity index is 1590. The van der Waals surface area contributed by atoms with Crippen LogP contribution in [-0.4, -0.2) is 37.1 Å². The van der Waals surface area contributed by atoms with Crippen LogP contribution in [0.15, 0.2) is 114 Å². The number of nitrogens with zero attached hydrogens (tertiary/aromatic N) is 1. The number of nitrogens with one attached hydrogen (secondary N) is 2. The summed E-state index contributed by atoms with van der Waals surface area (Å²) < 4.78 is 5.42. The van der Waals surface area contributed by atoms with Gasteiger partial charge in [-0.2, -0.15) is 0 Å². The van der Waals surface area contributed by atoms with Crippen molar-refractivity contribution in [2.75, 3.05) is 29.6 Å². The Labute approximate surface area is 243 Å². The maximum atomic E-state index is 13.3. The molecule has 0 saturated carbocycles. The van der Waals surface area contributed by atoms with Crippen LogP contribution in [0.25, 0.3) is 6.08 Å². The summed E-state index contributed by atoms with van der Waals surface area (Å²) in [4.78, 5) is 41.8. The molecule has 3 amide bonds. The molecule has 0 fully saturated rings. The summed E-state index contributed by atoms with van der Waals surface area (Å²) in [5, 5.41) is 5.60. The van der Waals surface area contributed by atoms with E-state index in [1.165, 1.54) is 17.3 Å². The standard InChI is InChI=1S/C33H29N3O4S/c1-40-30-14-8-6-12-25(30)21-28(35-32(38)24-10-3-2-4-11-24)33(39)34-26-15-17-27(18-16-26)41-22-31(37)36-20-19-23-9-5-7-13-29(23)36/h2-18,21H,19-20,22H2,1H3,(H,34,39)(H,35,38)/b28-21-. The average Bonchev–Trinajstić information content (AvgIpc) is 3.45. The number of hydrogen-bond donors (Lipinski definition) is 2. The first kappa shape index (κ1) is 27.7. The minimum Gasteiger partial charge on any atom is -0.496 e. The molecule has 1 heterocycles. The van der Waals surface area contributed by atoms with Gasteiger partial charge >= 0.3 is 0 Å². The highest BCUT2D eigenvalue weighted by molar-refractivity contribution is 8.00. The summed E-state index contributed by atoms with van der Waals surface area (Å²) in [6.07, 6.45) is 2.46. The second kappa shape index (κ2) is 13.0. The number of fused-ring (bicyclic) bond motifs is 1. The van der Waals surface area contributed by atoms with Crippen molar-refractivity contribution in [3.63, 3.8) is 0 Å². The first-order valence-corrected chi connectivity index (χ1v) is 14.1. The first-order valence-electron chi connectivity index (χ1n) is 13.2. The van der Waals surface area contributed by atoms with Crippen molar-refractivity contribution >= 4 is 46.9 Å². The summed E-state index contributed by atoms with van der Waals surface area (Å²) in [6, 6.07) is 31.2. The number of rotatable bonds is 9. The van der Waals surface area contributed by atoms with Gasteiger partial charge in [0.1, 0.15) is 11.4 Å². The minimum absolute atomic E-state index is 0.0672. The molecule has 0 spiro atoms. The molecule has 1 aliphatic heterocycles. The molecule has 2 N–H and O–H groups in total. The number of carbonyl (C=O) groups is 3. The Kier molecular flexibility index (Phi) is 8.81. The maximum absolute atomic E-state index is 13.3. The van der Waals surface area contributed by atoms with E-state index in [0.29, 0.717) is 34.9 Å². The van der Waals surface area contributed by atoms with Crippen molar-refractivity contribution in [3.8, 4) is 5.75 Å². The molecule has 4 aromatic rings. The molecule has 41 heavy (non-hydrogen) atoms. The van der Waals surface area contributed by atoms with Crippen molar-refractivity contribution in [1.29, 1.82) is 0 Å². The number of benzene rings is 4. The second-order valence-electron chi connectivity index (χ2n) is 9.31. The van der Waals surface area contributed by atoms with E-state index < -0.39 is 11.8 Å². The van der Waals surface area contributed by atoms with Gasteiger partial charge in [-0.05, 0) is 66.6 Å². The van der Waals surface area contributed by atoms with Gasteiger partial charge in [-0.3, -0.25) is 14.4 Å². The fraction of sp³-hybridized carbons (Fsp3) is 0.121. The number of ether oxygens (including phenoxy) is 1. The molecule has 0 atom stereocenters. The van der Waals surface area contributed by atoms with Crippen molar-refractivity contribution in [3.05, 3.63) is 126 Å². The van der Waals surface area contributed by atoms with E-state index in [9.17, 15) is 14.4 Å². The third-order valence-corrected chi connectivity index (χ3v) is 7.63. The van der Waals surface area contributed by atoms with Gasteiger partial charge in [-0.25, -0.2) is 0 Å². The van der Waals surface area contributed by atoms with Gasteiger partial charge in [-0.1, -0.05) is 54.6 Å². The first-order chi connectivity index (χ1) is 20.0. The Morgan fingerprint density at radius 3 is 2.37 bits per heavy atom. The Hall–Kier alpha value is -4.82. The summed E-state index contributed by atoms with van der Waals surface area (Å²) >= 11 is 1.45. The molecule has 4 aromatic carbocycles. The third-order valence-electron chi connectivity index (χ3n) is 6.63. The molecule has 5 rings (SSSR count). The molecular weight excluding hydrogens is 534 g/mol. The van der Waals surface area contributed by atoms with Crippen molar-refractivity contribution in [1.82, 2.24) is 5.32 Å². The summed E-state index contributed by atoms with van der Waals surface area (Å²) in [6.45, 7) is 0.704. The molecule has 0 bridgehead atoms. The molecule has 0 unspecified atom stereocenters. The normalized spacial score (nSPS) is 12.4. The van der Waals surface area contributed by atoms with E-state index in [4.69, 9.17) is 4.74 Å². The van der Waals surface area contributed by atoms with Gasteiger partial charge in [0.15, 0.2) is 0 Å². The van der Waals surface area contributed by atoms with E-state index in [2.05, 4.69) is 16.7 Å². The Morgan fingerprint density at radius 2 is 1.59 bits per heavy atom. The lowest BCUT2D eigenvalue weighted by Crippen LogP contribution is -2.30. The van der Waals surface area contributed by atoms with Crippen LogP contribution in [0, 0.1) is 0 Å². The van der Waals surface area contributed by atoms with Gasteiger partial charge in [0.25, 0.3) is 11.8 Å². The minimum atomic E-state index is -0.483. The zero-order valence-electron chi connectivity index (χ0n) is 22.5. The van der Waals surface area contributed by atoms with E-state index in [0.717, 1.165) is 17.0 Å². The number of methoxy groups -OCH3 is 1. The lowest BCUT2D eigenvalue weighted by molar-refractivity contribution is -0.116. The number of anilines is 2. The van der Waals surface area contributed by atoms with E-state index in [-0.39, 0.29) is 11.6 Å². The quantitative estimate of drug-likeness (QED) is 0.199. The molecule has 206 valence electrons. The topological polar surface area (TPSA) is 87.7 Å². The molecule has 0 saturated heterocycles. The fourth-order valence-corrected chi connectivity index (χ4v) is 5.31. The van der Waals surface area contributed by atoms with E-state index in [1.807, 2.05) is 53.4 Å². The predicted octanol–water partition coefficient (Wildman–Crippen LogP) is 5.79. The second-order valence-corrected chi connectivity index (χ2v) is 10.4. The largest absolute Gasteiger partial charge is 0.496 e. The Balaban J connectivity index is 1.26. The lowest BCUT2D eigenvalue weighted by atomic mass is 10.1. The average molecular weight is 564 g/mol. The monoisotopic (exact) mass is 563 g/mol. The highest BCUT2D eigenvalue weighted by atomic mass is 32.2. The molecule has 0 aromatic heterocycles. The molecule has 8 heteroatoms. The molecular formula is C33H29N3O4S. The van der Waals surface area contributed by atoms with Crippen molar-refractivity contribution < 1.29 is 19.1 Å². The van der Waals surface area contributed by atoms with Crippen molar-refractivity contribution in [2.24, 2.45) is 0 Å². The Morgan fingerprint density at radius 1 is 0.878 bits per heavy atom. The van der Waals surface area contributed by atoms with Crippen LogP contribution < -0.4 is 20.3 Å². The van der Waals surface area contributed by atoms with E-state index >= 15 is 0 Å². The predicted molar refractivity (Wildman–Crippen MR) is 163 cm³/mol. The number of thioether (sulfide) groups is 1. The number of hydrogen-bond acceptors (Lipinski definition) is 5. The van der Waals surface area contributed by atoms with Gasteiger partial charge in [0.2, 0.25) is 5.91 Å². The van der Waals surface area contributed by atoms with Crippen LogP contribution in [-0.2, 0) is 16.0 Å². The molecule has 0 aliphatic carbocycles. The number of para-hydroxylation sites is 2. The van der Waals surface area contributed by atoms with Gasteiger partial charge in [0, 0.05) is 33.9 Å². The van der Waals surface area contributed by atoms with Crippen LogP contribution in [0.3, 0.4) is 0 Å². The van der Waals surface area contributed by atoms with Crippen LogP contribution in [0.5, 0.6) is 5.75 Å². The van der Waals surface area contributed by atoms with E-state index in [1.54, 1.807) is 61.7 Å². The van der Waals surface area contributed by atoms with Crippen LogP contribution in [0.4, 0.5) is 11.4 Å². The fourth-order valence-electron chi connectivity index (χ4n) is 4.54. The highest BCUT2D eigenvalue weighted by Crippen LogP contribution is 2.29. The number of amides is 3. The SMILES string of the molecule is COc1ccccc1/C=C(\NC(=O)c1ccccc1)C(=O)Nc1ccc(SCC(=O)N2CCc3ccccc32)cc1. The summed E-state index contributed by atoms with van der Waals surface area (Å²) in [7, 11) is 1.55. The number of carbonyl (C=O) groups excluding carboxylic acids is 3. The highest BCUT2D eigenvalue weighted by Gasteiger charge is 2.24. The molecule has 0 radical (unpaired) electrons. The summed E-state index contributed by atoms with van der Waals surface area (Å²) in [5.41, 5.74) is 3.89. The maximum Gasteiger partial charge on any atom is 0.272 e. The molecule has 1 aliphatic rings. The van der Waals surface area contributed by atoms with Crippen LogP contribution in [0.1, 0.15) is 21.5 Å².